The van der Waals surface area contributed by atoms with Crippen molar-refractivity contribution in [2.24, 2.45) is 0 Å². The maximum atomic E-state index is 13.9. The van der Waals surface area contributed by atoms with E-state index in [0.29, 0.717) is 28.8 Å². The molecule has 1 saturated carbocycles. The van der Waals surface area contributed by atoms with Crippen molar-refractivity contribution >= 4 is 9.84 Å². The Morgan fingerprint density at radius 2 is 1.62 bits per heavy atom. The van der Waals surface area contributed by atoms with Gasteiger partial charge in [-0.1, -0.05) is 6.07 Å². The molecule has 2 aromatic heterocycles. The van der Waals surface area contributed by atoms with E-state index in [-0.39, 0.29) is 29.7 Å². The fraction of sp³-hybridized carbons (Fsp3) is 0.556. The summed E-state index contributed by atoms with van der Waals surface area (Å²) in [5.74, 6) is 1.90. The van der Waals surface area contributed by atoms with Crippen LogP contribution in [0.3, 0.4) is 0 Å². The molecule has 1 fully saturated rings. The average Bonchev–Trinajstić information content (AvgIpc) is 3.27. The van der Waals surface area contributed by atoms with Crippen LogP contribution in [0.2, 0.25) is 0 Å². The zero-order valence-corrected chi connectivity index (χ0v) is 24.3. The van der Waals surface area contributed by atoms with Gasteiger partial charge >= 0.3 is 0 Å². The van der Waals surface area contributed by atoms with Crippen molar-refractivity contribution in [1.82, 2.24) is 24.7 Å². The molecule has 0 amide bonds. The number of methoxy groups -OCH3 is 3. The lowest BCUT2D eigenvalue weighted by Gasteiger charge is -2.33. The highest BCUT2D eigenvalue weighted by Gasteiger charge is 2.39. The van der Waals surface area contributed by atoms with Crippen LogP contribution in [-0.4, -0.2) is 71.9 Å². The summed E-state index contributed by atoms with van der Waals surface area (Å²) in [5.41, 5.74) is 1.42. The maximum absolute atomic E-state index is 13.9. The van der Waals surface area contributed by atoms with Crippen molar-refractivity contribution in [2.75, 3.05) is 21.3 Å². The molecule has 2 atom stereocenters. The first kappa shape index (κ1) is 28.9. The van der Waals surface area contributed by atoms with Gasteiger partial charge in [0.05, 0.1) is 31.7 Å². The molecule has 12 heteroatoms. The Labute approximate surface area is 229 Å². The fourth-order valence-electron chi connectivity index (χ4n) is 4.68. The number of rotatable bonds is 12. The van der Waals surface area contributed by atoms with Crippen molar-refractivity contribution in [3.63, 3.8) is 0 Å². The molecule has 0 unspecified atom stereocenters. The van der Waals surface area contributed by atoms with Gasteiger partial charge in [0.1, 0.15) is 34.9 Å². The second-order valence-electron chi connectivity index (χ2n) is 10.1. The minimum atomic E-state index is -3.84. The molecule has 212 valence electrons. The van der Waals surface area contributed by atoms with E-state index in [2.05, 4.69) is 20.2 Å². The molecule has 0 bridgehead atoms. The Morgan fingerprint density at radius 3 is 2.15 bits per heavy atom. The number of para-hydroxylation sites is 1. The standard InChI is InChI=1S/C27H37N5O6S/c1-16(2)38-25(26-28-13-17(3)14-29-26)18(4)39(33,34)15-23-30-31-27(19-11-20(12-19)35-5)32(23)24-21(36-6)9-8-10-22(24)37-7/h8-10,13-14,16,18-20,25H,11-12,15H2,1-7H3/t18-,19?,20?,25+/m0/s1. The van der Waals surface area contributed by atoms with Crippen LogP contribution < -0.4 is 9.47 Å². The summed E-state index contributed by atoms with van der Waals surface area (Å²) in [6, 6.07) is 5.40. The highest BCUT2D eigenvalue weighted by Crippen LogP contribution is 2.42. The Morgan fingerprint density at radius 1 is 1.00 bits per heavy atom. The highest BCUT2D eigenvalue weighted by molar-refractivity contribution is 7.91. The molecule has 0 spiro atoms. The smallest absolute Gasteiger partial charge is 0.163 e. The molecule has 0 radical (unpaired) electrons. The van der Waals surface area contributed by atoms with Crippen LogP contribution in [0.25, 0.3) is 5.69 Å². The molecule has 1 aliphatic rings. The van der Waals surface area contributed by atoms with Crippen LogP contribution in [0.15, 0.2) is 30.6 Å². The van der Waals surface area contributed by atoms with E-state index in [4.69, 9.17) is 18.9 Å². The number of benzene rings is 1. The largest absolute Gasteiger partial charge is 0.494 e. The van der Waals surface area contributed by atoms with E-state index in [1.807, 2.05) is 26.8 Å². The topological polar surface area (TPSA) is 128 Å². The first-order valence-electron chi connectivity index (χ1n) is 12.9. The van der Waals surface area contributed by atoms with Crippen LogP contribution in [0.4, 0.5) is 0 Å². The molecule has 3 aromatic rings. The quantitative estimate of drug-likeness (QED) is 0.324. The zero-order valence-electron chi connectivity index (χ0n) is 23.5. The molecule has 11 nitrogen and oxygen atoms in total. The van der Waals surface area contributed by atoms with E-state index >= 15 is 0 Å². The third-order valence-corrected chi connectivity index (χ3v) is 9.01. The van der Waals surface area contributed by atoms with Gasteiger partial charge in [0.15, 0.2) is 21.5 Å². The van der Waals surface area contributed by atoms with E-state index in [0.717, 1.165) is 18.4 Å². The monoisotopic (exact) mass is 559 g/mol. The minimum Gasteiger partial charge on any atom is -0.494 e. The second-order valence-corrected chi connectivity index (χ2v) is 12.4. The molecule has 1 aliphatic carbocycles. The molecule has 0 N–H and O–H groups in total. The summed E-state index contributed by atoms with van der Waals surface area (Å²) >= 11 is 0. The Bertz CT molecular complexity index is 1350. The van der Waals surface area contributed by atoms with Gasteiger partial charge in [0.2, 0.25) is 0 Å². The number of sulfone groups is 1. The van der Waals surface area contributed by atoms with Gasteiger partial charge in [-0.05, 0) is 58.2 Å². The van der Waals surface area contributed by atoms with Crippen molar-refractivity contribution in [3.8, 4) is 17.2 Å². The number of hydrogen-bond acceptors (Lipinski definition) is 10. The molecule has 2 heterocycles. The number of aryl methyl sites for hydroxylation is 1. The summed E-state index contributed by atoms with van der Waals surface area (Å²) in [4.78, 5) is 8.73. The van der Waals surface area contributed by atoms with Crippen molar-refractivity contribution in [1.29, 1.82) is 0 Å². The van der Waals surface area contributed by atoms with Crippen molar-refractivity contribution in [3.05, 3.63) is 53.6 Å². The Balaban J connectivity index is 1.77. The van der Waals surface area contributed by atoms with Gasteiger partial charge in [-0.25, -0.2) is 18.4 Å². The van der Waals surface area contributed by atoms with Crippen LogP contribution in [0, 0.1) is 6.92 Å². The summed E-state index contributed by atoms with van der Waals surface area (Å²) in [7, 11) is 0.957. The van der Waals surface area contributed by atoms with Crippen molar-refractivity contribution < 1.29 is 27.4 Å². The number of ether oxygens (including phenoxy) is 4. The molecule has 39 heavy (non-hydrogen) atoms. The van der Waals surface area contributed by atoms with Gasteiger partial charge in [-0.3, -0.25) is 4.57 Å². The van der Waals surface area contributed by atoms with Gasteiger partial charge in [0, 0.05) is 25.4 Å². The summed E-state index contributed by atoms with van der Waals surface area (Å²) in [6.07, 6.45) is 3.84. The zero-order chi connectivity index (χ0) is 28.3. The Kier molecular flexibility index (Phi) is 8.87. The van der Waals surface area contributed by atoms with E-state index in [9.17, 15) is 8.42 Å². The van der Waals surface area contributed by atoms with Crippen LogP contribution in [-0.2, 0) is 25.1 Å². The Hall–Kier alpha value is -3.09. The SMILES string of the molecule is COc1cccc(OC)c1-n1c(CS(=O)(=O)[C@@H](C)[C@@H](OC(C)C)c2ncc(C)cn2)nnc1C1CC(OC)C1. The normalized spacial score (nSPS) is 19.0. The van der Waals surface area contributed by atoms with E-state index in [1.54, 1.807) is 57.3 Å². The first-order valence-corrected chi connectivity index (χ1v) is 14.6. The highest BCUT2D eigenvalue weighted by atomic mass is 32.2. The van der Waals surface area contributed by atoms with Gasteiger partial charge in [0.25, 0.3) is 0 Å². The summed E-state index contributed by atoms with van der Waals surface area (Å²) < 4.78 is 52.4. The second kappa shape index (κ2) is 12.0. The lowest BCUT2D eigenvalue weighted by molar-refractivity contribution is 0.00140. The molecular formula is C27H37N5O6S. The van der Waals surface area contributed by atoms with Crippen LogP contribution in [0.1, 0.15) is 68.7 Å². The van der Waals surface area contributed by atoms with E-state index in [1.165, 1.54) is 0 Å². The van der Waals surface area contributed by atoms with Crippen LogP contribution >= 0.6 is 0 Å². The molecule has 0 saturated heterocycles. The fourth-order valence-corrected chi connectivity index (χ4v) is 6.05. The number of nitrogens with zero attached hydrogens (tertiary/aromatic N) is 5. The first-order chi connectivity index (χ1) is 18.6. The average molecular weight is 560 g/mol. The molecule has 1 aromatic carbocycles. The predicted octanol–water partition coefficient (Wildman–Crippen LogP) is 3.74. The predicted molar refractivity (Wildman–Crippen MR) is 145 cm³/mol. The third kappa shape index (κ3) is 6.07. The third-order valence-electron chi connectivity index (χ3n) is 6.97. The summed E-state index contributed by atoms with van der Waals surface area (Å²) in [5, 5.41) is 7.88. The summed E-state index contributed by atoms with van der Waals surface area (Å²) in [6.45, 7) is 7.19. The molecule has 0 aliphatic heterocycles. The van der Waals surface area contributed by atoms with Crippen molar-refractivity contribution in [2.45, 2.75) is 75.8 Å². The number of hydrogen-bond donors (Lipinski definition) is 0. The van der Waals surface area contributed by atoms with Gasteiger partial charge in [-0.15, -0.1) is 10.2 Å². The lowest BCUT2D eigenvalue weighted by atomic mass is 9.81. The lowest BCUT2D eigenvalue weighted by Crippen LogP contribution is -2.32. The van der Waals surface area contributed by atoms with Crippen LogP contribution in [0.5, 0.6) is 11.5 Å². The van der Waals surface area contributed by atoms with E-state index < -0.39 is 21.2 Å². The molecule has 4 rings (SSSR count). The van der Waals surface area contributed by atoms with Gasteiger partial charge in [-0.2, -0.15) is 0 Å². The molecular weight excluding hydrogens is 522 g/mol. The van der Waals surface area contributed by atoms with Gasteiger partial charge < -0.3 is 18.9 Å². The maximum Gasteiger partial charge on any atom is 0.163 e. The number of aromatic nitrogens is 5. The minimum absolute atomic E-state index is 0.0453.